The van der Waals surface area contributed by atoms with Crippen molar-refractivity contribution in [2.75, 3.05) is 19.6 Å². The molecule has 265 valence electrons. The van der Waals surface area contributed by atoms with Gasteiger partial charge < -0.3 is 19.6 Å². The van der Waals surface area contributed by atoms with Crippen LogP contribution >= 0.6 is 0 Å². The number of anilines is 8. The van der Waals surface area contributed by atoms with Crippen LogP contribution in [0.15, 0.2) is 134 Å². The van der Waals surface area contributed by atoms with E-state index in [0.29, 0.717) is 0 Å². The predicted octanol–water partition coefficient (Wildman–Crippen LogP) is 10.3. The van der Waals surface area contributed by atoms with Gasteiger partial charge in [0.2, 0.25) is 0 Å². The predicted molar refractivity (Wildman–Crippen MR) is 209 cm³/mol. The number of fused-ring (bicyclic) bond motifs is 2. The van der Waals surface area contributed by atoms with E-state index in [-0.39, 0.29) is 20.1 Å². The first kappa shape index (κ1) is 35.5. The molecule has 0 amide bonds. The van der Waals surface area contributed by atoms with E-state index in [1.165, 1.54) is 33.4 Å². The summed E-state index contributed by atoms with van der Waals surface area (Å²) in [5.41, 5.74) is 11.4. The summed E-state index contributed by atoms with van der Waals surface area (Å²) in [5.74, 6) is 3.25. The maximum absolute atomic E-state index is 4.65. The monoisotopic (exact) mass is 869 g/mol. The van der Waals surface area contributed by atoms with Crippen LogP contribution in [0.4, 0.5) is 46.0 Å². The summed E-state index contributed by atoms with van der Waals surface area (Å²) in [6.45, 7) is 12.6. The van der Waals surface area contributed by atoms with Gasteiger partial charge in [0.1, 0.15) is 23.3 Å². The molecule has 0 spiro atoms. The molecule has 0 saturated heterocycles. The molecule has 5 aromatic carbocycles. The van der Waals surface area contributed by atoms with Gasteiger partial charge in [0.05, 0.1) is 0 Å². The van der Waals surface area contributed by atoms with Gasteiger partial charge in [-0.25, -0.2) is 19.9 Å². The molecule has 2 aliphatic heterocycles. The molecule has 0 atom stereocenters. The Morgan fingerprint density at radius 1 is 0.472 bits per heavy atom. The first-order valence-corrected chi connectivity index (χ1v) is 17.1. The van der Waals surface area contributed by atoms with Crippen LogP contribution in [0.3, 0.4) is 0 Å². The van der Waals surface area contributed by atoms with Gasteiger partial charge >= 0.3 is 0 Å². The first-order valence-electron chi connectivity index (χ1n) is 17.1. The van der Waals surface area contributed by atoms with E-state index in [1.54, 1.807) is 24.8 Å². The summed E-state index contributed by atoms with van der Waals surface area (Å²) >= 11 is 0. The summed E-state index contributed by atoms with van der Waals surface area (Å²) < 4.78 is 0. The molecule has 8 nitrogen and oxygen atoms in total. The van der Waals surface area contributed by atoms with Crippen molar-refractivity contribution in [1.82, 2.24) is 19.9 Å². The molecule has 0 saturated carbocycles. The maximum Gasteiger partial charge on any atom is 0.145 e. The van der Waals surface area contributed by atoms with Crippen LogP contribution in [-0.2, 0) is 20.1 Å². The van der Waals surface area contributed by atoms with Crippen molar-refractivity contribution < 1.29 is 20.1 Å². The second-order valence-corrected chi connectivity index (χ2v) is 12.8. The van der Waals surface area contributed by atoms with Gasteiger partial charge in [0.25, 0.3) is 0 Å². The number of para-hydroxylation sites is 2. The second-order valence-electron chi connectivity index (χ2n) is 12.8. The zero-order chi connectivity index (χ0) is 35.6. The summed E-state index contributed by atoms with van der Waals surface area (Å²) in [7, 11) is 0. The molecule has 0 fully saturated rings. The van der Waals surface area contributed by atoms with E-state index in [2.05, 4.69) is 125 Å². The average molecular weight is 869 g/mol. The Labute approximate surface area is 324 Å². The number of benzene rings is 5. The number of hydrogen-bond donors (Lipinski definition) is 0. The fourth-order valence-corrected chi connectivity index (χ4v) is 6.74. The molecule has 9 heteroatoms. The van der Waals surface area contributed by atoms with Gasteiger partial charge in [-0.15, -0.1) is 36.3 Å². The number of nitrogens with zero attached hydrogens (tertiary/aromatic N) is 8. The molecule has 7 aromatic rings. The normalized spacial score (nSPS) is 12.8. The van der Waals surface area contributed by atoms with Crippen molar-refractivity contribution in [2.24, 2.45) is 0 Å². The van der Waals surface area contributed by atoms with Gasteiger partial charge in [0.15, 0.2) is 0 Å². The van der Waals surface area contributed by atoms with Crippen molar-refractivity contribution >= 4 is 46.0 Å². The summed E-state index contributed by atoms with van der Waals surface area (Å²) in [4.78, 5) is 26.4. The summed E-state index contributed by atoms with van der Waals surface area (Å²) in [6, 6.07) is 43.8. The molecule has 0 aliphatic carbocycles. The fourth-order valence-electron chi connectivity index (χ4n) is 6.74. The third-order valence-electron chi connectivity index (χ3n) is 8.98. The Morgan fingerprint density at radius 2 is 1.00 bits per heavy atom. The smallest absolute Gasteiger partial charge is 0.145 e. The Balaban J connectivity index is 0.000000173. The average Bonchev–Trinajstić information content (AvgIpc) is 3.76. The zero-order valence-electron chi connectivity index (χ0n) is 29.8. The third kappa shape index (κ3) is 7.14. The number of rotatable bonds is 5. The van der Waals surface area contributed by atoms with Crippen LogP contribution in [0, 0.1) is 53.2 Å². The van der Waals surface area contributed by atoms with Gasteiger partial charge in [-0.05, 0) is 79.8 Å². The molecular formula is C44H36IrN8-4. The second kappa shape index (κ2) is 15.4. The SMILES string of the molecule is Cc1cc(C)cc(N2[CH-]N(c3[c-]ccc(-c4c(C)cccc4C)c3)c3nccnc32)c1.[Ir].[c-]1ccccc1N1[CH-]N(c2ccccc2)c2nccnc21. The molecule has 0 N–H and O–H groups in total. The molecule has 1 radical (unpaired) electrons. The van der Waals surface area contributed by atoms with Gasteiger partial charge in [-0.1, -0.05) is 42.5 Å². The van der Waals surface area contributed by atoms with Gasteiger partial charge in [-0.3, -0.25) is 0 Å². The number of hydrogen-bond acceptors (Lipinski definition) is 8. The van der Waals surface area contributed by atoms with E-state index >= 15 is 0 Å². The Hall–Kier alpha value is -5.89. The van der Waals surface area contributed by atoms with E-state index in [9.17, 15) is 0 Å². The van der Waals surface area contributed by atoms with Crippen LogP contribution in [0.5, 0.6) is 0 Å². The van der Waals surface area contributed by atoms with Crippen molar-refractivity contribution in [3.8, 4) is 11.1 Å². The minimum Gasteiger partial charge on any atom is -0.477 e. The quantitative estimate of drug-likeness (QED) is 0.159. The molecule has 2 aliphatic rings. The van der Waals surface area contributed by atoms with E-state index < -0.39 is 0 Å². The van der Waals surface area contributed by atoms with Crippen LogP contribution in [0.1, 0.15) is 22.3 Å². The third-order valence-corrected chi connectivity index (χ3v) is 8.98. The van der Waals surface area contributed by atoms with Crippen molar-refractivity contribution in [3.63, 3.8) is 0 Å². The Kier molecular flexibility index (Phi) is 10.3. The van der Waals surface area contributed by atoms with E-state index in [4.69, 9.17) is 0 Å². The minimum atomic E-state index is 0. The summed E-state index contributed by atoms with van der Waals surface area (Å²) in [6.07, 6.45) is 6.89. The number of aryl methyl sites for hydroxylation is 4. The molecule has 53 heavy (non-hydrogen) atoms. The van der Waals surface area contributed by atoms with Crippen LogP contribution in [-0.4, -0.2) is 19.9 Å². The Bertz CT molecular complexity index is 2250. The zero-order valence-corrected chi connectivity index (χ0v) is 32.2. The molecule has 0 unspecified atom stereocenters. The van der Waals surface area contributed by atoms with Crippen LogP contribution in [0.25, 0.3) is 11.1 Å². The Morgan fingerprint density at radius 3 is 1.58 bits per heavy atom. The van der Waals surface area contributed by atoms with Crippen LogP contribution in [0.2, 0.25) is 0 Å². The van der Waals surface area contributed by atoms with E-state index in [1.807, 2.05) is 77.1 Å². The maximum atomic E-state index is 4.65. The van der Waals surface area contributed by atoms with E-state index in [0.717, 1.165) is 46.0 Å². The minimum absolute atomic E-state index is 0. The number of aromatic nitrogens is 4. The molecular weight excluding hydrogens is 833 g/mol. The topological polar surface area (TPSA) is 64.5 Å². The largest absolute Gasteiger partial charge is 0.477 e. The van der Waals surface area contributed by atoms with Gasteiger partial charge in [-0.2, -0.15) is 48.5 Å². The fraction of sp³-hybridized carbons (Fsp3) is 0.0909. The van der Waals surface area contributed by atoms with Crippen molar-refractivity contribution in [1.29, 1.82) is 0 Å². The van der Waals surface area contributed by atoms with Crippen molar-refractivity contribution in [2.45, 2.75) is 27.7 Å². The van der Waals surface area contributed by atoms with Crippen molar-refractivity contribution in [3.05, 3.63) is 182 Å². The molecule has 4 heterocycles. The van der Waals surface area contributed by atoms with Gasteiger partial charge in [0, 0.05) is 56.3 Å². The standard InChI is InChI=1S/C27H24N4.C17H12N4.Ir/c1-18-13-19(2)15-24(14-18)31-17-30(26-27(31)29-12-11-28-26)23-10-6-9-22(16-23)25-20(3)7-5-8-21(25)4;1-3-7-14(8-4-1)20-13-21(15-9-5-2-6-10-15)17-16(20)18-11-12-19-17;/h5-9,11-17H,1-4H3;1-9,11-13H;/q2*-2;. The van der Waals surface area contributed by atoms with Crippen LogP contribution < -0.4 is 19.6 Å². The summed E-state index contributed by atoms with van der Waals surface area (Å²) in [5, 5.41) is 0. The molecule has 2 aromatic heterocycles. The molecule has 9 rings (SSSR count). The molecule has 0 bridgehead atoms. The first-order chi connectivity index (χ1) is 25.4.